The van der Waals surface area contributed by atoms with Crippen molar-refractivity contribution >= 4 is 27.5 Å². The molecule has 7 nitrogen and oxygen atoms in total. The normalized spacial score (nSPS) is 12.3. The summed E-state index contributed by atoms with van der Waals surface area (Å²) in [6, 6.07) is 15.9. The molecule has 0 radical (unpaired) electrons. The number of aryl methyl sites for hydroxylation is 1. The molecule has 2 aromatic carbocycles. The Labute approximate surface area is 197 Å². The first-order chi connectivity index (χ1) is 15.5. The molecule has 180 valence electrons. The highest BCUT2D eigenvalue weighted by Gasteiger charge is 2.27. The van der Waals surface area contributed by atoms with Crippen LogP contribution >= 0.6 is 0 Å². The molecule has 2 amide bonds. The van der Waals surface area contributed by atoms with E-state index in [9.17, 15) is 18.0 Å². The molecule has 0 unspecified atom stereocenters. The number of hydrogen-bond acceptors (Lipinski definition) is 4. The van der Waals surface area contributed by atoms with Crippen LogP contribution in [0.25, 0.3) is 0 Å². The van der Waals surface area contributed by atoms with Gasteiger partial charge in [-0.1, -0.05) is 42.5 Å². The minimum Gasteiger partial charge on any atom is -0.352 e. The van der Waals surface area contributed by atoms with E-state index in [1.54, 1.807) is 36.1 Å². The van der Waals surface area contributed by atoms with E-state index in [4.69, 9.17) is 0 Å². The zero-order valence-corrected chi connectivity index (χ0v) is 20.9. The van der Waals surface area contributed by atoms with E-state index in [2.05, 4.69) is 5.32 Å². The van der Waals surface area contributed by atoms with Crippen molar-refractivity contribution in [1.82, 2.24) is 10.2 Å². The Morgan fingerprint density at radius 1 is 0.970 bits per heavy atom. The number of hydrogen-bond donors (Lipinski definition) is 1. The Balaban J connectivity index is 2.16. The molecular formula is C25H35N3O4S. The second-order valence-corrected chi connectivity index (χ2v) is 10.5. The minimum absolute atomic E-state index is 0.0374. The van der Waals surface area contributed by atoms with Gasteiger partial charge in [-0.15, -0.1) is 0 Å². The Bertz CT molecular complexity index is 1040. The van der Waals surface area contributed by atoms with Gasteiger partial charge in [-0.2, -0.15) is 0 Å². The van der Waals surface area contributed by atoms with Crippen molar-refractivity contribution in [3.63, 3.8) is 0 Å². The molecule has 0 saturated heterocycles. The number of nitrogens with one attached hydrogen (secondary N) is 1. The number of nitrogens with zero attached hydrogens (tertiary/aromatic N) is 2. The largest absolute Gasteiger partial charge is 0.352 e. The quantitative estimate of drug-likeness (QED) is 0.541. The van der Waals surface area contributed by atoms with E-state index < -0.39 is 16.1 Å². The third kappa shape index (κ3) is 7.89. The molecule has 0 saturated carbocycles. The lowest BCUT2D eigenvalue weighted by molar-refractivity contribution is -0.140. The third-order valence-corrected chi connectivity index (χ3v) is 6.59. The predicted molar refractivity (Wildman–Crippen MR) is 132 cm³/mol. The van der Waals surface area contributed by atoms with Crippen LogP contribution in [-0.4, -0.2) is 50.0 Å². The maximum absolute atomic E-state index is 13.2. The van der Waals surface area contributed by atoms with Crippen molar-refractivity contribution in [2.24, 2.45) is 0 Å². The van der Waals surface area contributed by atoms with Crippen LogP contribution in [0.4, 0.5) is 5.69 Å². The molecule has 33 heavy (non-hydrogen) atoms. The number of sulfonamides is 1. The summed E-state index contributed by atoms with van der Waals surface area (Å²) in [4.78, 5) is 27.5. The summed E-state index contributed by atoms with van der Waals surface area (Å²) < 4.78 is 25.9. The molecule has 0 aliphatic rings. The van der Waals surface area contributed by atoms with Gasteiger partial charge in [-0.25, -0.2) is 8.42 Å². The first kappa shape index (κ1) is 26.4. The van der Waals surface area contributed by atoms with Crippen molar-refractivity contribution < 1.29 is 18.0 Å². The summed E-state index contributed by atoms with van der Waals surface area (Å²) in [6.45, 7) is 7.94. The van der Waals surface area contributed by atoms with E-state index in [0.717, 1.165) is 17.4 Å². The summed E-state index contributed by atoms with van der Waals surface area (Å²) in [7, 11) is -3.49. The zero-order valence-electron chi connectivity index (χ0n) is 20.1. The second-order valence-electron chi connectivity index (χ2n) is 8.56. The average Bonchev–Trinajstić information content (AvgIpc) is 2.74. The molecule has 0 aliphatic heterocycles. The third-order valence-electron chi connectivity index (χ3n) is 5.40. The molecule has 2 rings (SSSR count). The van der Waals surface area contributed by atoms with Crippen LogP contribution in [0.1, 0.15) is 44.7 Å². The van der Waals surface area contributed by atoms with Crippen LogP contribution in [0, 0.1) is 6.92 Å². The topological polar surface area (TPSA) is 86.8 Å². The summed E-state index contributed by atoms with van der Waals surface area (Å²) in [5.74, 6) is -0.403. The van der Waals surface area contributed by atoms with Gasteiger partial charge in [0.2, 0.25) is 21.8 Å². The maximum Gasteiger partial charge on any atom is 0.242 e. The van der Waals surface area contributed by atoms with Crippen molar-refractivity contribution in [3.05, 3.63) is 65.7 Å². The monoisotopic (exact) mass is 473 g/mol. The van der Waals surface area contributed by atoms with E-state index in [-0.39, 0.29) is 30.8 Å². The maximum atomic E-state index is 13.2. The van der Waals surface area contributed by atoms with Crippen LogP contribution < -0.4 is 9.62 Å². The fourth-order valence-electron chi connectivity index (χ4n) is 3.56. The van der Waals surface area contributed by atoms with Gasteiger partial charge in [0.25, 0.3) is 0 Å². The molecule has 8 heteroatoms. The lowest BCUT2D eigenvalue weighted by atomic mass is 10.1. The van der Waals surface area contributed by atoms with Gasteiger partial charge in [0, 0.05) is 25.6 Å². The van der Waals surface area contributed by atoms with Crippen molar-refractivity contribution in [3.8, 4) is 0 Å². The molecule has 1 N–H and O–H groups in total. The first-order valence-electron chi connectivity index (χ1n) is 11.2. The molecule has 0 aliphatic carbocycles. The predicted octanol–water partition coefficient (Wildman–Crippen LogP) is 3.48. The number of carbonyl (C=O) groups excluding carboxylic acids is 2. The number of benzene rings is 2. The standard InChI is InChI=1S/C25H35N3O4S/c1-19(2)26-25(30)21(4)27(18-22-13-10-9-12-20(22)3)24(29)16-11-17-28(33(5,31)32)23-14-7-6-8-15-23/h6-10,12-15,19,21H,11,16-18H2,1-5H3,(H,26,30)/t21-/m1/s1. The smallest absolute Gasteiger partial charge is 0.242 e. The van der Waals surface area contributed by atoms with Crippen LogP contribution in [0.15, 0.2) is 54.6 Å². The summed E-state index contributed by atoms with van der Waals surface area (Å²) in [6.07, 6.45) is 1.62. The summed E-state index contributed by atoms with van der Waals surface area (Å²) >= 11 is 0. The Morgan fingerprint density at radius 2 is 1.58 bits per heavy atom. The van der Waals surface area contributed by atoms with Crippen LogP contribution in [0.3, 0.4) is 0 Å². The SMILES string of the molecule is Cc1ccccc1CN(C(=O)CCCN(c1ccccc1)S(C)(=O)=O)[C@H](C)C(=O)NC(C)C. The highest BCUT2D eigenvalue weighted by atomic mass is 32.2. The van der Waals surface area contributed by atoms with Crippen molar-refractivity contribution in [2.45, 2.75) is 59.2 Å². The number of carbonyl (C=O) groups is 2. The van der Waals surface area contributed by atoms with Crippen molar-refractivity contribution in [2.75, 3.05) is 17.1 Å². The highest BCUT2D eigenvalue weighted by molar-refractivity contribution is 7.92. The summed E-state index contributed by atoms with van der Waals surface area (Å²) in [5.41, 5.74) is 2.57. The van der Waals surface area contributed by atoms with Gasteiger partial charge in [-0.05, 0) is 57.4 Å². The molecule has 0 fully saturated rings. The molecule has 2 aromatic rings. The molecule has 0 spiro atoms. The lowest BCUT2D eigenvalue weighted by Gasteiger charge is -2.30. The second kappa shape index (κ2) is 11.8. The first-order valence-corrected chi connectivity index (χ1v) is 13.0. The number of amides is 2. The molecular weight excluding hydrogens is 438 g/mol. The van der Waals surface area contributed by atoms with E-state index >= 15 is 0 Å². The lowest BCUT2D eigenvalue weighted by Crippen LogP contribution is -2.49. The zero-order chi connectivity index (χ0) is 24.6. The summed E-state index contributed by atoms with van der Waals surface area (Å²) in [5, 5.41) is 2.87. The van der Waals surface area contributed by atoms with Crippen LogP contribution in [-0.2, 0) is 26.2 Å². The minimum atomic E-state index is -3.49. The average molecular weight is 474 g/mol. The molecule has 0 aromatic heterocycles. The molecule has 0 heterocycles. The van der Waals surface area contributed by atoms with Gasteiger partial charge in [0.15, 0.2) is 0 Å². The van der Waals surface area contributed by atoms with Gasteiger partial charge in [0.05, 0.1) is 11.9 Å². The number of para-hydroxylation sites is 1. The van der Waals surface area contributed by atoms with E-state index in [1.807, 2.05) is 51.1 Å². The Kier molecular flexibility index (Phi) is 9.46. The number of anilines is 1. The van der Waals surface area contributed by atoms with Gasteiger partial charge in [-0.3, -0.25) is 13.9 Å². The highest BCUT2D eigenvalue weighted by Crippen LogP contribution is 2.19. The van der Waals surface area contributed by atoms with Crippen LogP contribution in [0.2, 0.25) is 0 Å². The Hall–Kier alpha value is -2.87. The van der Waals surface area contributed by atoms with Gasteiger partial charge >= 0.3 is 0 Å². The van der Waals surface area contributed by atoms with Gasteiger partial charge in [0.1, 0.15) is 6.04 Å². The van der Waals surface area contributed by atoms with E-state index in [1.165, 1.54) is 4.31 Å². The van der Waals surface area contributed by atoms with Crippen molar-refractivity contribution in [1.29, 1.82) is 0 Å². The number of rotatable bonds is 11. The fraction of sp³-hybridized carbons (Fsp3) is 0.440. The molecule has 0 bridgehead atoms. The van der Waals surface area contributed by atoms with Crippen LogP contribution in [0.5, 0.6) is 0 Å². The Morgan fingerprint density at radius 3 is 2.15 bits per heavy atom. The van der Waals surface area contributed by atoms with E-state index in [0.29, 0.717) is 18.7 Å². The van der Waals surface area contributed by atoms with Gasteiger partial charge < -0.3 is 10.2 Å². The fourth-order valence-corrected chi connectivity index (χ4v) is 4.52. The molecule has 1 atom stereocenters.